The van der Waals surface area contributed by atoms with E-state index in [-0.39, 0.29) is 5.97 Å². The number of rotatable bonds is 7. The molecule has 3 aromatic carbocycles. The van der Waals surface area contributed by atoms with Crippen LogP contribution in [0.4, 0.5) is 0 Å². The lowest BCUT2D eigenvalue weighted by Crippen LogP contribution is -3.05. The van der Waals surface area contributed by atoms with Gasteiger partial charge < -0.3 is 9.64 Å². The molecular formula is C23H28NO2+. The van der Waals surface area contributed by atoms with E-state index in [0.717, 1.165) is 19.4 Å². The van der Waals surface area contributed by atoms with Crippen molar-refractivity contribution >= 4 is 27.5 Å². The molecule has 0 aliphatic carbocycles. The highest BCUT2D eigenvalue weighted by atomic mass is 16.5. The highest BCUT2D eigenvalue weighted by Crippen LogP contribution is 2.34. The van der Waals surface area contributed by atoms with E-state index in [1.54, 1.807) is 0 Å². The summed E-state index contributed by atoms with van der Waals surface area (Å²) in [5.74, 6) is -0.221. The third-order valence-electron chi connectivity index (χ3n) is 4.92. The van der Waals surface area contributed by atoms with Crippen molar-refractivity contribution in [2.24, 2.45) is 0 Å². The number of fused-ring (bicyclic) bond motifs is 2. The molecule has 3 aromatic rings. The minimum Gasteiger partial charge on any atom is -0.466 e. The quantitative estimate of drug-likeness (QED) is 0.524. The Bertz CT molecular complexity index is 858. The number of esters is 1. The van der Waals surface area contributed by atoms with Gasteiger partial charge in [-0.3, -0.25) is 4.79 Å². The number of aryl methyl sites for hydroxylation is 1. The van der Waals surface area contributed by atoms with E-state index < -0.39 is 0 Å². The Morgan fingerprint density at radius 3 is 1.73 bits per heavy atom. The number of hydrogen-bond donors (Lipinski definition) is 1. The van der Waals surface area contributed by atoms with Gasteiger partial charge in [0.25, 0.3) is 0 Å². The maximum atomic E-state index is 11.2. The fourth-order valence-corrected chi connectivity index (χ4v) is 3.76. The molecule has 1 N–H and O–H groups in total. The van der Waals surface area contributed by atoms with Crippen molar-refractivity contribution in [3.05, 3.63) is 59.7 Å². The molecule has 3 rings (SSSR count). The molecule has 0 amide bonds. The molecule has 0 atom stereocenters. The average molecular weight is 350 g/mol. The molecule has 0 fully saturated rings. The third kappa shape index (κ3) is 4.05. The molecule has 0 bridgehead atoms. The van der Waals surface area contributed by atoms with E-state index in [1.807, 2.05) is 0 Å². The Hall–Kier alpha value is -2.39. The van der Waals surface area contributed by atoms with Gasteiger partial charge in [-0.1, -0.05) is 48.5 Å². The molecule has 0 aromatic heterocycles. The van der Waals surface area contributed by atoms with Crippen LogP contribution in [-0.2, 0) is 22.4 Å². The second-order valence-corrected chi connectivity index (χ2v) is 7.20. The molecule has 3 heteroatoms. The van der Waals surface area contributed by atoms with Crippen molar-refractivity contribution < 1.29 is 14.4 Å². The van der Waals surface area contributed by atoms with E-state index in [9.17, 15) is 4.79 Å². The summed E-state index contributed by atoms with van der Waals surface area (Å²) < 4.78 is 5.22. The summed E-state index contributed by atoms with van der Waals surface area (Å²) >= 11 is 0. The first kappa shape index (κ1) is 18.4. The summed E-state index contributed by atoms with van der Waals surface area (Å²) in [6.07, 6.45) is 2.99. The van der Waals surface area contributed by atoms with Crippen LogP contribution in [0, 0.1) is 0 Å². The number of hydrogen-bond acceptors (Lipinski definition) is 2. The Morgan fingerprint density at radius 1 is 0.846 bits per heavy atom. The predicted octanol–water partition coefficient (Wildman–Crippen LogP) is 3.18. The van der Waals surface area contributed by atoms with Gasteiger partial charge in [-0.25, -0.2) is 0 Å². The fourth-order valence-electron chi connectivity index (χ4n) is 3.76. The molecule has 26 heavy (non-hydrogen) atoms. The topological polar surface area (TPSA) is 30.7 Å². The largest absolute Gasteiger partial charge is 0.466 e. The second kappa shape index (κ2) is 8.33. The van der Waals surface area contributed by atoms with Gasteiger partial charge in [-0.2, -0.15) is 0 Å². The van der Waals surface area contributed by atoms with Crippen LogP contribution < -0.4 is 4.90 Å². The number of nitrogens with one attached hydrogen (secondary N) is 1. The molecule has 0 saturated heterocycles. The lowest BCUT2D eigenvalue weighted by Gasteiger charge is -2.17. The van der Waals surface area contributed by atoms with Crippen LogP contribution in [0.1, 0.15) is 24.5 Å². The van der Waals surface area contributed by atoms with Crippen LogP contribution in [0.15, 0.2) is 48.5 Å². The summed E-state index contributed by atoms with van der Waals surface area (Å²) in [6.45, 7) is 3.05. The lowest BCUT2D eigenvalue weighted by molar-refractivity contribution is -0.858. The van der Waals surface area contributed by atoms with Crippen LogP contribution in [0.5, 0.6) is 0 Å². The molecule has 0 heterocycles. The summed E-state index contributed by atoms with van der Waals surface area (Å²) in [5, 5.41) is 5.23. The van der Waals surface area contributed by atoms with Crippen LogP contribution in [0.25, 0.3) is 21.5 Å². The number of carbonyl (C=O) groups is 1. The van der Waals surface area contributed by atoms with E-state index in [0.29, 0.717) is 6.61 Å². The van der Waals surface area contributed by atoms with E-state index in [4.69, 9.17) is 4.74 Å². The Labute approximate surface area is 155 Å². The molecule has 0 aliphatic rings. The van der Waals surface area contributed by atoms with Crippen LogP contribution in [-0.4, -0.2) is 33.2 Å². The summed E-state index contributed by atoms with van der Waals surface area (Å²) in [7, 11) is 4.41. The third-order valence-corrected chi connectivity index (χ3v) is 4.92. The van der Waals surface area contributed by atoms with E-state index in [2.05, 4.69) is 62.6 Å². The van der Waals surface area contributed by atoms with Crippen molar-refractivity contribution in [2.75, 3.05) is 27.2 Å². The van der Waals surface area contributed by atoms with Gasteiger partial charge in [0.1, 0.15) is 0 Å². The van der Waals surface area contributed by atoms with Gasteiger partial charge in [0.15, 0.2) is 0 Å². The SMILES string of the molecule is CC(=O)OCCc1c2ccccc2c(CCC[NH+](C)C)c2ccccc12. The number of benzene rings is 3. The molecule has 0 spiro atoms. The number of ether oxygens (including phenoxy) is 1. The maximum absolute atomic E-state index is 11.2. The van der Waals surface area contributed by atoms with E-state index in [1.165, 1.54) is 50.9 Å². The highest BCUT2D eigenvalue weighted by molar-refractivity contribution is 6.05. The predicted molar refractivity (Wildman–Crippen MR) is 108 cm³/mol. The monoisotopic (exact) mass is 350 g/mol. The van der Waals surface area contributed by atoms with E-state index >= 15 is 0 Å². The van der Waals surface area contributed by atoms with Gasteiger partial charge in [-0.05, 0) is 39.1 Å². The van der Waals surface area contributed by atoms with Crippen LogP contribution in [0.2, 0.25) is 0 Å². The molecule has 136 valence electrons. The maximum Gasteiger partial charge on any atom is 0.302 e. The van der Waals surface area contributed by atoms with Gasteiger partial charge in [0.05, 0.1) is 27.2 Å². The van der Waals surface area contributed by atoms with Crippen LogP contribution >= 0.6 is 0 Å². The standard InChI is InChI=1S/C23H27NO2/c1-17(25)26-16-14-23-20-11-6-4-9-18(20)22(13-8-15-24(2)3)19-10-5-7-12-21(19)23/h4-7,9-12H,8,13-16H2,1-3H3/p+1. The van der Waals surface area contributed by atoms with Crippen LogP contribution in [0.3, 0.4) is 0 Å². The Balaban J connectivity index is 2.10. The molecular weight excluding hydrogens is 322 g/mol. The molecule has 0 radical (unpaired) electrons. The fraction of sp³-hybridized carbons (Fsp3) is 0.348. The Morgan fingerprint density at radius 2 is 1.31 bits per heavy atom. The first-order valence-electron chi connectivity index (χ1n) is 9.41. The van der Waals surface area contributed by atoms with Gasteiger partial charge in [0.2, 0.25) is 0 Å². The first-order valence-corrected chi connectivity index (χ1v) is 9.41. The highest BCUT2D eigenvalue weighted by Gasteiger charge is 2.14. The van der Waals surface area contributed by atoms with Crippen molar-refractivity contribution in [3.8, 4) is 0 Å². The minimum atomic E-state index is -0.221. The van der Waals surface area contributed by atoms with Crippen molar-refractivity contribution in [2.45, 2.75) is 26.2 Å². The van der Waals surface area contributed by atoms with Gasteiger partial charge >= 0.3 is 5.97 Å². The number of quaternary nitrogens is 1. The smallest absolute Gasteiger partial charge is 0.302 e. The zero-order valence-electron chi connectivity index (χ0n) is 16.0. The zero-order valence-corrected chi connectivity index (χ0v) is 16.0. The lowest BCUT2D eigenvalue weighted by atomic mass is 9.88. The molecule has 0 unspecified atom stereocenters. The van der Waals surface area contributed by atoms with Crippen molar-refractivity contribution in [1.82, 2.24) is 0 Å². The molecule has 0 aliphatic heterocycles. The van der Waals surface area contributed by atoms with Gasteiger partial charge in [-0.15, -0.1) is 0 Å². The average Bonchev–Trinajstić information content (AvgIpc) is 2.62. The normalized spacial score (nSPS) is 11.4. The van der Waals surface area contributed by atoms with Crippen molar-refractivity contribution in [3.63, 3.8) is 0 Å². The van der Waals surface area contributed by atoms with Crippen molar-refractivity contribution in [1.29, 1.82) is 0 Å². The molecule has 3 nitrogen and oxygen atoms in total. The second-order valence-electron chi connectivity index (χ2n) is 7.20. The first-order chi connectivity index (χ1) is 12.6. The zero-order chi connectivity index (χ0) is 18.5. The number of carbonyl (C=O) groups excluding carboxylic acids is 1. The summed E-state index contributed by atoms with van der Waals surface area (Å²) in [4.78, 5) is 12.6. The minimum absolute atomic E-state index is 0.221. The molecule has 0 saturated carbocycles. The van der Waals surface area contributed by atoms with Gasteiger partial charge in [0, 0.05) is 19.8 Å². The Kier molecular flexibility index (Phi) is 5.89. The summed E-state index contributed by atoms with van der Waals surface area (Å²) in [6, 6.07) is 17.3. The summed E-state index contributed by atoms with van der Waals surface area (Å²) in [5.41, 5.74) is 2.72.